The quantitative estimate of drug-likeness (QED) is 0.0796. The number of carbonyl (C=O) groups excluding carboxylic acids is 2. The van der Waals surface area contributed by atoms with Gasteiger partial charge in [-0.05, 0) is 30.7 Å². The molecule has 4 aliphatic heterocycles. The van der Waals surface area contributed by atoms with Crippen molar-refractivity contribution in [1.29, 1.82) is 0 Å². The molecule has 17 nitrogen and oxygen atoms in total. The van der Waals surface area contributed by atoms with Crippen LogP contribution >= 0.6 is 19.8 Å². The van der Waals surface area contributed by atoms with Crippen molar-refractivity contribution < 1.29 is 59.0 Å². The summed E-state index contributed by atoms with van der Waals surface area (Å²) >= 11 is 4.30. The summed E-state index contributed by atoms with van der Waals surface area (Å²) in [6.07, 6.45) is 0.745. The number of methoxy groups -OCH3 is 2. The highest BCUT2D eigenvalue weighted by atomic mass is 32.2. The van der Waals surface area contributed by atoms with E-state index in [-0.39, 0.29) is 103 Å². The number of amides is 2. The van der Waals surface area contributed by atoms with E-state index in [1.165, 1.54) is 48.3 Å². The van der Waals surface area contributed by atoms with E-state index in [9.17, 15) is 40.1 Å². The number of hydrogen-bond acceptors (Lipinski definition) is 14. The summed E-state index contributed by atoms with van der Waals surface area (Å²) < 4.78 is 107. The van der Waals surface area contributed by atoms with Crippen LogP contribution in [0.15, 0.2) is 48.6 Å². The van der Waals surface area contributed by atoms with Gasteiger partial charge in [-0.1, -0.05) is 24.3 Å². The fourth-order valence-electron chi connectivity index (χ4n) is 7.42. The van der Waals surface area contributed by atoms with Crippen molar-refractivity contribution >= 4 is 63.2 Å². The second-order valence-electron chi connectivity index (χ2n) is 13.8. The monoisotopic (exact) mass is 842 g/mol. The van der Waals surface area contributed by atoms with Crippen molar-refractivity contribution in [2.75, 3.05) is 75.4 Å². The van der Waals surface area contributed by atoms with Crippen LogP contribution in [-0.4, -0.2) is 135 Å². The number of ether oxygens (including phenoxy) is 4. The third-order valence-corrected chi connectivity index (χ3v) is 15.9. The molecule has 0 unspecified atom stereocenters. The Labute approximate surface area is 324 Å². The SMILES string of the molecule is C=C1C[C@H]2[C@H](S(=O)(=O)O)Nc3cc(OCCP(=O)(CCS)CCOc4cc5c(cc4OC)C(=O)N4CC(=C)C[C@H]4[C@H](S(=O)(=O)O)N5)c(OC)cc3C(=O)N2C1. The molecule has 2 aromatic carbocycles. The van der Waals surface area contributed by atoms with Crippen LogP contribution in [0.2, 0.25) is 0 Å². The van der Waals surface area contributed by atoms with Gasteiger partial charge in [0.25, 0.3) is 32.1 Å². The first-order valence-corrected chi connectivity index (χ1v) is 23.1. The highest BCUT2D eigenvalue weighted by molar-refractivity contribution is 7.86. The Kier molecular flexibility index (Phi) is 11.5. The molecule has 4 aliphatic rings. The zero-order valence-electron chi connectivity index (χ0n) is 30.1. The second-order valence-corrected chi connectivity index (χ2v) is 20.8. The molecule has 0 radical (unpaired) electrons. The molecule has 0 aliphatic carbocycles. The fraction of sp³-hybridized carbons (Fsp3) is 0.471. The molecule has 4 heterocycles. The second kappa shape index (κ2) is 15.5. The number of nitrogens with zero attached hydrogens (tertiary/aromatic N) is 2. The maximum Gasteiger partial charge on any atom is 0.288 e. The van der Waals surface area contributed by atoms with Gasteiger partial charge in [0, 0.05) is 43.7 Å². The van der Waals surface area contributed by atoms with Crippen LogP contribution < -0.4 is 29.6 Å². The molecule has 2 amide bonds. The maximum absolute atomic E-state index is 14.1. The van der Waals surface area contributed by atoms with E-state index in [1.807, 2.05) is 0 Å². The molecule has 4 atom stereocenters. The first kappa shape index (κ1) is 40.7. The Morgan fingerprint density at radius 3 is 1.49 bits per heavy atom. The van der Waals surface area contributed by atoms with Gasteiger partial charge in [-0.3, -0.25) is 18.7 Å². The smallest absolute Gasteiger partial charge is 0.288 e. The highest BCUT2D eigenvalue weighted by Crippen LogP contribution is 2.47. The number of benzene rings is 2. The molecule has 2 saturated heterocycles. The Hall–Kier alpha value is -3.94. The lowest BCUT2D eigenvalue weighted by molar-refractivity contribution is 0.0737. The van der Waals surface area contributed by atoms with Crippen molar-refractivity contribution in [2.45, 2.75) is 35.7 Å². The van der Waals surface area contributed by atoms with Gasteiger partial charge in [0.05, 0.1) is 69.2 Å². The van der Waals surface area contributed by atoms with Crippen LogP contribution in [0.5, 0.6) is 23.0 Å². The molecule has 300 valence electrons. The fourth-order valence-corrected chi connectivity index (χ4v) is 12.2. The summed E-state index contributed by atoms with van der Waals surface area (Å²) in [4.78, 5) is 29.8. The minimum absolute atomic E-state index is 0.0697. The van der Waals surface area contributed by atoms with E-state index in [0.29, 0.717) is 16.9 Å². The van der Waals surface area contributed by atoms with Crippen molar-refractivity contribution in [3.8, 4) is 23.0 Å². The molecule has 2 aromatic rings. The van der Waals surface area contributed by atoms with Gasteiger partial charge in [-0.25, -0.2) is 0 Å². The zero-order chi connectivity index (χ0) is 40.0. The topological polar surface area (TPSA) is 227 Å². The van der Waals surface area contributed by atoms with Crippen LogP contribution in [-0.2, 0) is 24.8 Å². The van der Waals surface area contributed by atoms with E-state index in [1.54, 1.807) is 0 Å². The molecule has 6 rings (SSSR count). The minimum Gasteiger partial charge on any atom is -0.493 e. The van der Waals surface area contributed by atoms with Crippen LogP contribution in [0, 0.1) is 0 Å². The maximum atomic E-state index is 14.1. The van der Waals surface area contributed by atoms with Crippen LogP contribution in [0.3, 0.4) is 0 Å². The predicted octanol–water partition coefficient (Wildman–Crippen LogP) is 3.27. The zero-order valence-corrected chi connectivity index (χ0v) is 33.5. The van der Waals surface area contributed by atoms with E-state index in [0.717, 1.165) is 0 Å². The Bertz CT molecular complexity index is 2050. The van der Waals surface area contributed by atoms with Gasteiger partial charge in [-0.15, -0.1) is 0 Å². The van der Waals surface area contributed by atoms with Crippen molar-refractivity contribution in [3.63, 3.8) is 0 Å². The van der Waals surface area contributed by atoms with Crippen LogP contribution in [0.4, 0.5) is 11.4 Å². The van der Waals surface area contributed by atoms with Gasteiger partial charge in [0.15, 0.2) is 33.7 Å². The summed E-state index contributed by atoms with van der Waals surface area (Å²) in [5.74, 6) is -0.0316. The van der Waals surface area contributed by atoms with E-state index in [2.05, 4.69) is 36.4 Å². The minimum atomic E-state index is -4.66. The molecule has 0 aromatic heterocycles. The van der Waals surface area contributed by atoms with Gasteiger partial charge in [0.1, 0.15) is 0 Å². The normalized spacial score (nSPS) is 22.4. The molecular formula is C34H43N4O13PS3. The molecule has 55 heavy (non-hydrogen) atoms. The van der Waals surface area contributed by atoms with E-state index < -0.39 is 62.0 Å². The summed E-state index contributed by atoms with van der Waals surface area (Å²) in [6.45, 7) is 7.89. The number of nitrogens with one attached hydrogen (secondary N) is 2. The van der Waals surface area contributed by atoms with Crippen LogP contribution in [0.1, 0.15) is 33.6 Å². The summed E-state index contributed by atoms with van der Waals surface area (Å²) in [7, 11) is -9.59. The lowest BCUT2D eigenvalue weighted by Crippen LogP contribution is -2.47. The first-order chi connectivity index (χ1) is 25.9. The summed E-state index contributed by atoms with van der Waals surface area (Å²) in [5, 5.41) is 2.55. The average molecular weight is 843 g/mol. The number of thiol groups is 1. The highest BCUT2D eigenvalue weighted by Gasteiger charge is 2.47. The van der Waals surface area contributed by atoms with Gasteiger partial charge in [0.2, 0.25) is 0 Å². The number of fused-ring (bicyclic) bond motifs is 4. The van der Waals surface area contributed by atoms with Gasteiger partial charge in [-0.2, -0.15) is 29.5 Å². The molecule has 0 bridgehead atoms. The number of carbonyl (C=O) groups is 2. The van der Waals surface area contributed by atoms with Crippen molar-refractivity contribution in [1.82, 2.24) is 9.80 Å². The average Bonchev–Trinajstić information content (AvgIpc) is 3.63. The summed E-state index contributed by atoms with van der Waals surface area (Å²) in [6, 6.07) is 3.88. The number of anilines is 2. The van der Waals surface area contributed by atoms with E-state index in [4.69, 9.17) is 18.9 Å². The lowest BCUT2D eigenvalue weighted by Gasteiger charge is -2.26. The molecule has 4 N–H and O–H groups in total. The molecule has 2 fully saturated rings. The Morgan fingerprint density at radius 1 is 0.745 bits per heavy atom. The van der Waals surface area contributed by atoms with E-state index >= 15 is 0 Å². The summed E-state index contributed by atoms with van der Waals surface area (Å²) in [5.41, 5.74) is 1.73. The Balaban J connectivity index is 1.17. The molecular weight excluding hydrogens is 800 g/mol. The first-order valence-electron chi connectivity index (χ1n) is 17.2. The van der Waals surface area contributed by atoms with Crippen molar-refractivity contribution in [2.24, 2.45) is 0 Å². The largest absolute Gasteiger partial charge is 0.493 e. The van der Waals surface area contributed by atoms with Gasteiger partial charge >= 0.3 is 0 Å². The number of rotatable bonds is 14. The third kappa shape index (κ3) is 8.30. The molecule has 21 heteroatoms. The predicted molar refractivity (Wildman–Crippen MR) is 208 cm³/mol. The molecule has 0 spiro atoms. The molecule has 0 saturated carbocycles. The number of hydrogen-bond donors (Lipinski definition) is 5. The Morgan fingerprint density at radius 2 is 1.15 bits per heavy atom. The standard InChI is InChI=1S/C34H43N4O13PS3/c1-19-11-25-31(54(42,43)44)35-23-15-29(27(48-3)13-21(23)33(39)37(25)17-19)50-5-7-52(41,9-10-53)8-6-51-30-16-24-22(14-28(30)49-4)34(40)38-18-20(2)12-26(38)32(36-24)55(45,46)47/h13-16,25-26,31-32,35-36,53H,1-2,5-12,17-18H2,3-4H3,(H,42,43,44)(H,45,46,47)/t25-,26-,31-,32-/m0/s1. The third-order valence-electron chi connectivity index (χ3n) is 10.1. The van der Waals surface area contributed by atoms with Gasteiger partial charge < -0.3 is 43.9 Å². The lowest BCUT2D eigenvalue weighted by atomic mass is 10.1. The van der Waals surface area contributed by atoms with Crippen LogP contribution in [0.25, 0.3) is 0 Å². The van der Waals surface area contributed by atoms with Crippen molar-refractivity contribution in [3.05, 3.63) is 59.7 Å².